The van der Waals surface area contributed by atoms with Crippen LogP contribution in [0.4, 0.5) is 0 Å². The van der Waals surface area contributed by atoms with Crippen LogP contribution in [-0.4, -0.2) is 10.1 Å². The Kier molecular flexibility index (Phi) is 2.87. The fourth-order valence-corrected chi connectivity index (χ4v) is 0.484. The second kappa shape index (κ2) is 3.19. The average molecular weight is 129 g/mol. The molecule has 0 fully saturated rings. The van der Waals surface area contributed by atoms with Crippen LogP contribution in [0.3, 0.4) is 0 Å². The molecule has 0 saturated heterocycles. The third kappa shape index (κ3) is 1.81. The molecule has 0 amide bonds. The smallest absolute Gasteiger partial charge is 0.226 e. The van der Waals surface area contributed by atoms with Gasteiger partial charge in [-0.15, -0.1) is 0 Å². The van der Waals surface area contributed by atoms with E-state index in [0.29, 0.717) is 11.7 Å². The molecule has 0 bridgehead atoms. The maximum atomic E-state index is 4.75. The molecule has 52 valence electrons. The predicted octanol–water partition coefficient (Wildman–Crippen LogP) is 1.10. The molecule has 0 spiro atoms. The van der Waals surface area contributed by atoms with Crippen LogP contribution in [0, 0.1) is 6.92 Å². The summed E-state index contributed by atoms with van der Waals surface area (Å²) in [6, 6.07) is 0. The first-order valence-corrected chi connectivity index (χ1v) is 2.62. The molecule has 3 N–H and O–H groups in total. The summed E-state index contributed by atoms with van der Waals surface area (Å²) in [4.78, 5) is 3.95. The Morgan fingerprint density at radius 2 is 2.22 bits per heavy atom. The first kappa shape index (κ1) is 8.10. The number of hydrogen-bond acceptors (Lipinski definition) is 4. The normalized spacial score (nSPS) is 8.67. The van der Waals surface area contributed by atoms with Gasteiger partial charge in [-0.1, -0.05) is 12.1 Å². The minimum Gasteiger partial charge on any atom is -0.344 e. The number of aryl methyl sites for hydroxylation is 2. The molecule has 4 heteroatoms. The van der Waals surface area contributed by atoms with Crippen molar-refractivity contribution < 1.29 is 4.52 Å². The van der Waals surface area contributed by atoms with Crippen molar-refractivity contribution in [2.75, 3.05) is 0 Å². The van der Waals surface area contributed by atoms with Gasteiger partial charge in [0, 0.05) is 6.42 Å². The molecule has 1 rings (SSSR count). The van der Waals surface area contributed by atoms with Crippen molar-refractivity contribution >= 4 is 0 Å². The molecule has 0 saturated carbocycles. The molecule has 0 radical (unpaired) electrons. The summed E-state index contributed by atoms with van der Waals surface area (Å²) in [6.07, 6.45) is 0.820. The van der Waals surface area contributed by atoms with Crippen molar-refractivity contribution in [3.8, 4) is 0 Å². The SMILES string of the molecule is CCc1nc(C)no1.N. The van der Waals surface area contributed by atoms with Gasteiger partial charge in [0.05, 0.1) is 0 Å². The molecule has 0 aromatic carbocycles. The van der Waals surface area contributed by atoms with Crippen molar-refractivity contribution in [3.05, 3.63) is 11.7 Å². The molecular weight excluding hydrogens is 118 g/mol. The largest absolute Gasteiger partial charge is 0.344 e. The minimum absolute atomic E-state index is 0. The second-order valence-electron chi connectivity index (χ2n) is 1.59. The van der Waals surface area contributed by atoms with Crippen LogP contribution >= 0.6 is 0 Å². The highest BCUT2D eigenvalue weighted by Crippen LogP contribution is 1.94. The molecule has 9 heavy (non-hydrogen) atoms. The molecule has 0 atom stereocenters. The lowest BCUT2D eigenvalue weighted by molar-refractivity contribution is 0.378. The highest BCUT2D eigenvalue weighted by molar-refractivity contribution is 4.80. The van der Waals surface area contributed by atoms with E-state index in [-0.39, 0.29) is 6.15 Å². The Labute approximate surface area is 53.8 Å². The highest BCUT2D eigenvalue weighted by atomic mass is 16.5. The molecule has 1 heterocycles. The third-order valence-electron chi connectivity index (χ3n) is 0.872. The molecule has 4 nitrogen and oxygen atoms in total. The van der Waals surface area contributed by atoms with Gasteiger partial charge in [-0.2, -0.15) is 4.98 Å². The highest BCUT2D eigenvalue weighted by Gasteiger charge is 1.95. The number of rotatable bonds is 1. The van der Waals surface area contributed by atoms with Crippen molar-refractivity contribution in [2.24, 2.45) is 0 Å². The monoisotopic (exact) mass is 129 g/mol. The molecule has 0 aliphatic carbocycles. The lowest BCUT2D eigenvalue weighted by Crippen LogP contribution is -1.76. The lowest BCUT2D eigenvalue weighted by Gasteiger charge is -1.75. The first-order chi connectivity index (χ1) is 3.83. The zero-order valence-electron chi connectivity index (χ0n) is 5.72. The fourth-order valence-electron chi connectivity index (χ4n) is 0.484. The zero-order valence-corrected chi connectivity index (χ0v) is 5.72. The topological polar surface area (TPSA) is 73.9 Å². The Hall–Kier alpha value is -0.900. The molecule has 1 aromatic rings. The van der Waals surface area contributed by atoms with E-state index in [2.05, 4.69) is 10.1 Å². The average Bonchev–Trinajstić information content (AvgIpc) is 2.14. The van der Waals surface area contributed by atoms with Crippen LogP contribution in [0.25, 0.3) is 0 Å². The molecule has 0 aliphatic rings. The second-order valence-corrected chi connectivity index (χ2v) is 1.59. The van der Waals surface area contributed by atoms with Crippen molar-refractivity contribution in [1.29, 1.82) is 0 Å². The van der Waals surface area contributed by atoms with Gasteiger partial charge in [0.1, 0.15) is 0 Å². The maximum Gasteiger partial charge on any atom is 0.226 e. The summed E-state index contributed by atoms with van der Waals surface area (Å²) in [6.45, 7) is 3.79. The van der Waals surface area contributed by atoms with Crippen molar-refractivity contribution in [1.82, 2.24) is 16.3 Å². The van der Waals surface area contributed by atoms with Crippen molar-refractivity contribution in [2.45, 2.75) is 20.3 Å². The summed E-state index contributed by atoms with van der Waals surface area (Å²) >= 11 is 0. The van der Waals surface area contributed by atoms with Crippen LogP contribution in [0.1, 0.15) is 18.6 Å². The quantitative estimate of drug-likeness (QED) is 0.616. The van der Waals surface area contributed by atoms with Gasteiger partial charge in [0.15, 0.2) is 5.82 Å². The van der Waals surface area contributed by atoms with Crippen LogP contribution in [0.15, 0.2) is 4.52 Å². The Bertz CT molecular complexity index is 172. The molecular formula is C5H11N3O. The van der Waals surface area contributed by atoms with E-state index >= 15 is 0 Å². The Balaban J connectivity index is 0.000000640. The van der Waals surface area contributed by atoms with Gasteiger partial charge < -0.3 is 10.7 Å². The standard InChI is InChI=1S/C5H8N2O.H3N/c1-3-5-6-4(2)7-8-5;/h3H2,1-2H3;1H3. The predicted molar refractivity (Wildman–Crippen MR) is 33.4 cm³/mol. The van der Waals surface area contributed by atoms with E-state index in [9.17, 15) is 0 Å². The summed E-state index contributed by atoms with van der Waals surface area (Å²) in [5.41, 5.74) is 0. The van der Waals surface area contributed by atoms with Gasteiger partial charge in [0.2, 0.25) is 5.89 Å². The van der Waals surface area contributed by atoms with E-state index in [0.717, 1.165) is 6.42 Å². The summed E-state index contributed by atoms with van der Waals surface area (Å²) in [7, 11) is 0. The molecule has 1 aromatic heterocycles. The van der Waals surface area contributed by atoms with E-state index in [4.69, 9.17) is 4.52 Å². The number of hydrogen-bond donors (Lipinski definition) is 1. The third-order valence-corrected chi connectivity index (χ3v) is 0.872. The summed E-state index contributed by atoms with van der Waals surface area (Å²) in [5.74, 6) is 1.42. The van der Waals surface area contributed by atoms with E-state index in [1.807, 2.05) is 13.8 Å². The van der Waals surface area contributed by atoms with Gasteiger partial charge in [-0.3, -0.25) is 0 Å². The number of nitrogens with zero attached hydrogens (tertiary/aromatic N) is 2. The van der Waals surface area contributed by atoms with Crippen molar-refractivity contribution in [3.63, 3.8) is 0 Å². The fraction of sp³-hybridized carbons (Fsp3) is 0.600. The number of aromatic nitrogens is 2. The molecule has 0 unspecified atom stereocenters. The van der Waals surface area contributed by atoms with Gasteiger partial charge in [0.25, 0.3) is 0 Å². The molecule has 0 aliphatic heterocycles. The van der Waals surface area contributed by atoms with Gasteiger partial charge in [-0.05, 0) is 6.92 Å². The van der Waals surface area contributed by atoms with Crippen LogP contribution in [0.2, 0.25) is 0 Å². The maximum absolute atomic E-state index is 4.75. The van der Waals surface area contributed by atoms with E-state index in [1.165, 1.54) is 0 Å². The Morgan fingerprint density at radius 1 is 1.56 bits per heavy atom. The van der Waals surface area contributed by atoms with Crippen LogP contribution in [0.5, 0.6) is 0 Å². The summed E-state index contributed by atoms with van der Waals surface area (Å²) < 4.78 is 4.75. The van der Waals surface area contributed by atoms with Gasteiger partial charge >= 0.3 is 0 Å². The lowest BCUT2D eigenvalue weighted by atomic mass is 10.5. The van der Waals surface area contributed by atoms with Crippen LogP contribution < -0.4 is 6.15 Å². The van der Waals surface area contributed by atoms with E-state index < -0.39 is 0 Å². The van der Waals surface area contributed by atoms with Gasteiger partial charge in [-0.25, -0.2) is 0 Å². The van der Waals surface area contributed by atoms with Crippen LogP contribution in [-0.2, 0) is 6.42 Å². The Morgan fingerprint density at radius 3 is 2.44 bits per heavy atom. The zero-order chi connectivity index (χ0) is 5.98. The summed E-state index contributed by atoms with van der Waals surface area (Å²) in [5, 5.41) is 3.60. The van der Waals surface area contributed by atoms with E-state index in [1.54, 1.807) is 0 Å². The first-order valence-electron chi connectivity index (χ1n) is 2.62. The minimum atomic E-state index is 0.